The van der Waals surface area contributed by atoms with Gasteiger partial charge in [-0.3, -0.25) is 9.59 Å². The van der Waals surface area contributed by atoms with Crippen molar-refractivity contribution in [3.8, 4) is 22.6 Å². The van der Waals surface area contributed by atoms with Crippen molar-refractivity contribution in [2.45, 2.75) is 32.9 Å². The summed E-state index contributed by atoms with van der Waals surface area (Å²) in [7, 11) is 3.23. The molecule has 2 N–H and O–H groups in total. The van der Waals surface area contributed by atoms with E-state index in [0.717, 1.165) is 16.8 Å². The van der Waals surface area contributed by atoms with Crippen LogP contribution in [0.5, 0.6) is 11.5 Å². The van der Waals surface area contributed by atoms with Crippen molar-refractivity contribution in [2.24, 2.45) is 5.18 Å². The van der Waals surface area contributed by atoms with E-state index in [2.05, 4.69) is 15.8 Å². The van der Waals surface area contributed by atoms with Gasteiger partial charge in [0.05, 0.1) is 24.0 Å². The van der Waals surface area contributed by atoms with Crippen molar-refractivity contribution in [2.75, 3.05) is 29.7 Å². The number of hydrogen-bond acceptors (Lipinski definition) is 7. The summed E-state index contributed by atoms with van der Waals surface area (Å²) in [5.41, 5.74) is 4.02. The molecule has 0 saturated heterocycles. The fourth-order valence-electron chi connectivity index (χ4n) is 5.24. The molecule has 220 valence electrons. The van der Waals surface area contributed by atoms with Gasteiger partial charge in [0.1, 0.15) is 35.1 Å². The van der Waals surface area contributed by atoms with Crippen LogP contribution < -0.4 is 25.0 Å². The monoisotopic (exact) mass is 582 g/mol. The normalized spacial score (nSPS) is 13.5. The van der Waals surface area contributed by atoms with Crippen molar-refractivity contribution >= 4 is 34.6 Å². The Morgan fingerprint density at radius 3 is 2.51 bits per heavy atom. The van der Waals surface area contributed by atoms with Crippen LogP contribution in [0.25, 0.3) is 11.1 Å². The molecule has 0 atom stereocenters. The molecule has 4 aromatic carbocycles. The van der Waals surface area contributed by atoms with Gasteiger partial charge in [-0.2, -0.15) is 0 Å². The second-order valence-electron chi connectivity index (χ2n) is 10.8. The van der Waals surface area contributed by atoms with Crippen LogP contribution in [0.3, 0.4) is 0 Å². The SMILES string of the molecule is COc1cc(NC(=O)c2ccccc2N=O)ccc1-c1ccc2c(c1COc1cc(F)ccc1C)N(C)C(=O)C(C)(C)N2. The number of nitrogens with zero attached hydrogens (tertiary/aromatic N) is 2. The van der Waals surface area contributed by atoms with Gasteiger partial charge in [-0.15, -0.1) is 4.91 Å². The Hall–Kier alpha value is -5.25. The molecule has 0 fully saturated rings. The number of nitrogens with one attached hydrogen (secondary N) is 2. The molecule has 0 spiro atoms. The quantitative estimate of drug-likeness (QED) is 0.213. The number of nitroso groups, excluding NO2 is 1. The van der Waals surface area contributed by atoms with Crippen LogP contribution >= 0.6 is 0 Å². The smallest absolute Gasteiger partial charge is 0.257 e. The average molecular weight is 583 g/mol. The molecule has 0 radical (unpaired) electrons. The number of aryl methyl sites for hydroxylation is 1. The Labute approximate surface area is 248 Å². The Bertz CT molecular complexity index is 1750. The molecule has 0 bridgehead atoms. The Balaban J connectivity index is 1.58. The summed E-state index contributed by atoms with van der Waals surface area (Å²) in [6.07, 6.45) is 0. The lowest BCUT2D eigenvalue weighted by molar-refractivity contribution is -0.121. The Morgan fingerprint density at radius 2 is 1.77 bits per heavy atom. The molecule has 9 nitrogen and oxygen atoms in total. The molecule has 5 rings (SSSR count). The van der Waals surface area contributed by atoms with Gasteiger partial charge in [0.25, 0.3) is 11.8 Å². The van der Waals surface area contributed by atoms with Gasteiger partial charge in [0.2, 0.25) is 0 Å². The Morgan fingerprint density at radius 1 is 1.02 bits per heavy atom. The van der Waals surface area contributed by atoms with Crippen molar-refractivity contribution in [1.82, 2.24) is 0 Å². The topological polar surface area (TPSA) is 109 Å². The third-order valence-electron chi connectivity index (χ3n) is 7.42. The lowest BCUT2D eigenvalue weighted by atomic mass is 9.91. The third-order valence-corrected chi connectivity index (χ3v) is 7.42. The molecule has 1 aliphatic heterocycles. The number of carbonyl (C=O) groups is 2. The van der Waals surface area contributed by atoms with Crippen molar-refractivity contribution < 1.29 is 23.5 Å². The lowest BCUT2D eigenvalue weighted by Gasteiger charge is -2.39. The predicted molar refractivity (Wildman–Crippen MR) is 165 cm³/mol. The number of anilines is 3. The third kappa shape index (κ3) is 5.63. The summed E-state index contributed by atoms with van der Waals surface area (Å²) in [5.74, 6) is -0.210. The highest BCUT2D eigenvalue weighted by Crippen LogP contribution is 2.45. The van der Waals surface area contributed by atoms with Crippen molar-refractivity contribution in [1.29, 1.82) is 0 Å². The minimum Gasteiger partial charge on any atom is -0.496 e. The molecule has 1 heterocycles. The number of benzene rings is 4. The van der Waals surface area contributed by atoms with E-state index in [0.29, 0.717) is 34.0 Å². The standard InChI is InChI=1S/C33H31FN4O5/c1-19-10-11-20(34)16-28(19)43-18-25-22(14-15-27-30(25)38(4)32(40)33(2,3)36-27)23-13-12-21(17-29(23)42-5)35-31(39)24-8-6-7-9-26(24)37-41/h6-17,36H,18H2,1-5H3,(H,35,39). The lowest BCUT2D eigenvalue weighted by Crippen LogP contribution is -2.52. The molecular weight excluding hydrogens is 551 g/mol. The minimum atomic E-state index is -0.823. The second-order valence-corrected chi connectivity index (χ2v) is 10.8. The number of fused-ring (bicyclic) bond motifs is 1. The van der Waals surface area contributed by atoms with Crippen LogP contribution in [0.4, 0.5) is 27.1 Å². The second kappa shape index (κ2) is 11.6. The summed E-state index contributed by atoms with van der Waals surface area (Å²) >= 11 is 0. The largest absolute Gasteiger partial charge is 0.496 e. The number of likely N-dealkylation sites (N-methyl/N-ethyl adjacent to an activating group) is 1. The van der Waals surface area contributed by atoms with E-state index in [-0.39, 0.29) is 23.8 Å². The van der Waals surface area contributed by atoms with E-state index >= 15 is 0 Å². The molecular formula is C33H31FN4O5. The summed E-state index contributed by atoms with van der Waals surface area (Å²) in [4.78, 5) is 39.0. The maximum absolute atomic E-state index is 14.1. The van der Waals surface area contributed by atoms with Crippen LogP contribution in [0.1, 0.15) is 35.3 Å². The fourth-order valence-corrected chi connectivity index (χ4v) is 5.24. The summed E-state index contributed by atoms with van der Waals surface area (Å²) < 4.78 is 26.0. The first kappa shape index (κ1) is 29.2. The van der Waals surface area contributed by atoms with E-state index < -0.39 is 17.3 Å². The molecule has 43 heavy (non-hydrogen) atoms. The molecule has 1 aliphatic rings. The van der Waals surface area contributed by atoms with Gasteiger partial charge in [0, 0.05) is 36.0 Å². The van der Waals surface area contributed by atoms with E-state index in [4.69, 9.17) is 9.47 Å². The number of methoxy groups -OCH3 is 1. The maximum atomic E-state index is 14.1. The van der Waals surface area contributed by atoms with E-state index in [1.165, 1.54) is 31.4 Å². The molecule has 0 unspecified atom stereocenters. The molecule has 0 aliphatic carbocycles. The number of rotatable bonds is 8. The molecule has 4 aromatic rings. The van der Waals surface area contributed by atoms with Gasteiger partial charge < -0.3 is 25.0 Å². The van der Waals surface area contributed by atoms with E-state index in [1.54, 1.807) is 48.3 Å². The molecule has 0 saturated carbocycles. The summed E-state index contributed by atoms with van der Waals surface area (Å²) in [6, 6.07) is 19.6. The number of halogens is 1. The van der Waals surface area contributed by atoms with Crippen LogP contribution in [-0.2, 0) is 11.4 Å². The summed E-state index contributed by atoms with van der Waals surface area (Å²) in [6.45, 7) is 5.48. The fraction of sp³-hybridized carbons (Fsp3) is 0.212. The van der Waals surface area contributed by atoms with E-state index in [9.17, 15) is 18.9 Å². The minimum absolute atomic E-state index is 0.0274. The van der Waals surface area contributed by atoms with Crippen molar-refractivity contribution in [3.05, 3.63) is 100 Å². The Kier molecular flexibility index (Phi) is 7.86. The first-order chi connectivity index (χ1) is 20.5. The van der Waals surface area contributed by atoms with Crippen molar-refractivity contribution in [3.63, 3.8) is 0 Å². The average Bonchev–Trinajstić information content (AvgIpc) is 3.00. The zero-order chi connectivity index (χ0) is 30.9. The molecule has 2 amide bonds. The van der Waals surface area contributed by atoms with Gasteiger partial charge in [-0.1, -0.05) is 24.3 Å². The number of ether oxygens (including phenoxy) is 2. The highest BCUT2D eigenvalue weighted by atomic mass is 19.1. The number of carbonyl (C=O) groups excluding carboxylic acids is 2. The van der Waals surface area contributed by atoms with Gasteiger partial charge in [-0.05, 0) is 73.5 Å². The van der Waals surface area contributed by atoms with Gasteiger partial charge >= 0.3 is 0 Å². The van der Waals surface area contributed by atoms with Crippen LogP contribution in [0.2, 0.25) is 0 Å². The maximum Gasteiger partial charge on any atom is 0.257 e. The number of amides is 2. The van der Waals surface area contributed by atoms with Gasteiger partial charge in [0.15, 0.2) is 0 Å². The summed E-state index contributed by atoms with van der Waals surface area (Å²) in [5, 5.41) is 9.05. The molecule has 0 aromatic heterocycles. The zero-order valence-electron chi connectivity index (χ0n) is 24.4. The first-order valence-corrected chi connectivity index (χ1v) is 13.6. The molecule has 10 heteroatoms. The predicted octanol–water partition coefficient (Wildman–Crippen LogP) is 7.21. The number of hydrogen-bond donors (Lipinski definition) is 2. The van der Waals surface area contributed by atoms with Crippen LogP contribution in [0.15, 0.2) is 78.0 Å². The zero-order valence-corrected chi connectivity index (χ0v) is 24.4. The van der Waals surface area contributed by atoms with E-state index in [1.807, 2.05) is 32.9 Å². The highest BCUT2D eigenvalue weighted by molar-refractivity contribution is 6.09. The van der Waals surface area contributed by atoms with Gasteiger partial charge in [-0.25, -0.2) is 4.39 Å². The van der Waals surface area contributed by atoms with Crippen LogP contribution in [-0.4, -0.2) is 31.5 Å². The first-order valence-electron chi connectivity index (χ1n) is 13.6. The van der Waals surface area contributed by atoms with Crippen LogP contribution in [0, 0.1) is 17.6 Å². The highest BCUT2D eigenvalue weighted by Gasteiger charge is 2.38.